The maximum atomic E-state index is 12.6. The van der Waals surface area contributed by atoms with Crippen LogP contribution in [0.3, 0.4) is 0 Å². The van der Waals surface area contributed by atoms with Crippen molar-refractivity contribution in [3.8, 4) is 5.75 Å². The van der Waals surface area contributed by atoms with Gasteiger partial charge in [0, 0.05) is 21.8 Å². The number of nitrogens with one attached hydrogen (secondary N) is 3. The molecule has 13 heteroatoms. The molecule has 2 aliphatic rings. The summed E-state index contributed by atoms with van der Waals surface area (Å²) < 4.78 is 49.2. The number of aryl methyl sites for hydroxylation is 1. The highest BCUT2D eigenvalue weighted by Crippen LogP contribution is 2.42. The number of halogens is 4. The fourth-order valence-electron chi connectivity index (χ4n) is 4.81. The van der Waals surface area contributed by atoms with Crippen LogP contribution in [0.5, 0.6) is 5.75 Å². The van der Waals surface area contributed by atoms with E-state index in [4.69, 9.17) is 9.47 Å². The molecule has 37 heavy (non-hydrogen) atoms. The summed E-state index contributed by atoms with van der Waals surface area (Å²) in [5, 5.41) is 13.9. The number of nitrogens with zero attached hydrogens (tertiary/aromatic N) is 2. The Kier molecular flexibility index (Phi) is 7.81. The Labute approximate surface area is 219 Å². The molecule has 0 saturated heterocycles. The van der Waals surface area contributed by atoms with Crippen molar-refractivity contribution in [2.75, 3.05) is 6.61 Å². The highest BCUT2D eigenvalue weighted by molar-refractivity contribution is 9.10. The van der Waals surface area contributed by atoms with Crippen molar-refractivity contribution in [3.63, 3.8) is 0 Å². The van der Waals surface area contributed by atoms with E-state index in [1.807, 2.05) is 13.8 Å². The molecule has 1 aliphatic carbocycles. The fraction of sp³-hybridized carbons (Fsp3) is 0.500. The second-order valence-corrected chi connectivity index (χ2v) is 10.3. The molecule has 0 radical (unpaired) electrons. The second-order valence-electron chi connectivity index (χ2n) is 9.49. The molecule has 9 nitrogen and oxygen atoms in total. The lowest BCUT2D eigenvalue weighted by molar-refractivity contribution is -0.153. The van der Waals surface area contributed by atoms with Crippen molar-refractivity contribution in [1.29, 1.82) is 0 Å². The van der Waals surface area contributed by atoms with Gasteiger partial charge in [-0.1, -0.05) is 15.9 Å². The van der Waals surface area contributed by atoms with Crippen LogP contribution in [-0.4, -0.2) is 52.3 Å². The molecule has 200 valence electrons. The van der Waals surface area contributed by atoms with Gasteiger partial charge in [0.25, 0.3) is 5.91 Å². The molecule has 2 amide bonds. The Morgan fingerprint density at radius 1 is 1.32 bits per heavy atom. The van der Waals surface area contributed by atoms with Gasteiger partial charge < -0.3 is 14.8 Å². The molecular weight excluding hydrogens is 559 g/mol. The van der Waals surface area contributed by atoms with Crippen molar-refractivity contribution >= 4 is 33.6 Å². The van der Waals surface area contributed by atoms with Gasteiger partial charge in [-0.15, -0.1) is 0 Å². The van der Waals surface area contributed by atoms with Gasteiger partial charge in [0.1, 0.15) is 17.2 Å². The first-order valence-corrected chi connectivity index (χ1v) is 12.6. The smallest absolute Gasteiger partial charge is 0.428 e. The number of alkyl halides is 3. The van der Waals surface area contributed by atoms with E-state index >= 15 is 0 Å². The number of hydrogen-bond donors (Lipinski definition) is 3. The minimum absolute atomic E-state index is 0.0237. The summed E-state index contributed by atoms with van der Waals surface area (Å²) >= 11 is 3.44. The van der Waals surface area contributed by atoms with Crippen LogP contribution in [0.25, 0.3) is 0 Å². The molecule has 1 spiro atoms. The minimum Gasteiger partial charge on any atom is -0.484 e. The molecule has 0 unspecified atom stereocenters. The zero-order chi connectivity index (χ0) is 26.8. The maximum absolute atomic E-state index is 12.6. The normalized spacial score (nSPS) is 22.6. The van der Waals surface area contributed by atoms with Gasteiger partial charge in [-0.2, -0.15) is 23.4 Å². The van der Waals surface area contributed by atoms with Crippen LogP contribution in [0.15, 0.2) is 33.8 Å². The molecule has 4 rings (SSSR count). The number of carbonyl (C=O) groups is 2. The zero-order valence-corrected chi connectivity index (χ0v) is 21.8. The maximum Gasteiger partial charge on any atom is 0.428 e. The molecular formula is C24H27BrF3N5O4. The van der Waals surface area contributed by atoms with Crippen LogP contribution in [-0.2, 0) is 4.74 Å². The molecule has 3 N–H and O–H groups in total. The summed E-state index contributed by atoms with van der Waals surface area (Å²) in [5.41, 5.74) is 3.33. The predicted molar refractivity (Wildman–Crippen MR) is 131 cm³/mol. The quantitative estimate of drug-likeness (QED) is 0.422. The Morgan fingerprint density at radius 3 is 2.70 bits per heavy atom. The van der Waals surface area contributed by atoms with Crippen molar-refractivity contribution in [1.82, 2.24) is 20.9 Å². The molecule has 1 aromatic carbocycles. The molecule has 0 bridgehead atoms. The number of carbonyl (C=O) groups excluding carboxylic acids is 2. The molecule has 1 aliphatic heterocycles. The highest BCUT2D eigenvalue weighted by atomic mass is 79.9. The third-order valence-electron chi connectivity index (χ3n) is 6.49. The second kappa shape index (κ2) is 10.7. The van der Waals surface area contributed by atoms with Crippen molar-refractivity contribution in [3.05, 3.63) is 45.7 Å². The first-order chi connectivity index (χ1) is 17.4. The number of ether oxygens (including phenoxy) is 2. The van der Waals surface area contributed by atoms with Crippen molar-refractivity contribution < 1.29 is 32.2 Å². The lowest BCUT2D eigenvalue weighted by Crippen LogP contribution is -2.52. The number of aromatic amines is 1. The predicted octanol–water partition coefficient (Wildman–Crippen LogP) is 5.00. The lowest BCUT2D eigenvalue weighted by atomic mass is 9.73. The number of H-pyrrole nitrogens is 1. The molecule has 2 aromatic rings. The van der Waals surface area contributed by atoms with Gasteiger partial charge in [0.05, 0.1) is 0 Å². The van der Waals surface area contributed by atoms with Crippen LogP contribution >= 0.6 is 15.9 Å². The molecule has 1 fully saturated rings. The topological polar surface area (TPSA) is 118 Å². The van der Waals surface area contributed by atoms with Crippen molar-refractivity contribution in [2.24, 2.45) is 11.0 Å². The number of aromatic nitrogens is 2. The lowest BCUT2D eigenvalue weighted by Gasteiger charge is -2.42. The average molecular weight is 586 g/mol. The third-order valence-corrected chi connectivity index (χ3v) is 7.18. The van der Waals surface area contributed by atoms with E-state index in [0.29, 0.717) is 47.1 Å². The van der Waals surface area contributed by atoms with Gasteiger partial charge in [-0.3, -0.25) is 9.89 Å². The monoisotopic (exact) mass is 585 g/mol. The summed E-state index contributed by atoms with van der Waals surface area (Å²) in [4.78, 5) is 24.5. The van der Waals surface area contributed by atoms with E-state index in [0.717, 1.165) is 12.1 Å². The first-order valence-electron chi connectivity index (χ1n) is 11.8. The van der Waals surface area contributed by atoms with E-state index in [2.05, 4.69) is 42.0 Å². The number of rotatable bonds is 7. The summed E-state index contributed by atoms with van der Waals surface area (Å²) in [6.45, 7) is 2.33. The summed E-state index contributed by atoms with van der Waals surface area (Å²) in [6, 6.07) is 6.04. The van der Waals surface area contributed by atoms with Crippen molar-refractivity contribution in [2.45, 2.75) is 63.8 Å². The van der Waals surface area contributed by atoms with Crippen LogP contribution in [0.1, 0.15) is 60.8 Å². The van der Waals surface area contributed by atoms with Gasteiger partial charge in [-0.25, -0.2) is 10.2 Å². The minimum atomic E-state index is -4.47. The SMILES string of the molecule is Cc1cc(C(=O)N[C@@H](C)CC2CCC3(CC2)OC(=O)NN=C3c2cc(OCC(F)(F)F)ccc2Br)n[nH]1. The zero-order valence-electron chi connectivity index (χ0n) is 20.2. The Bertz CT molecular complexity index is 1190. The largest absolute Gasteiger partial charge is 0.484 e. The van der Waals surface area contributed by atoms with E-state index in [-0.39, 0.29) is 23.6 Å². The van der Waals surface area contributed by atoms with E-state index in [1.54, 1.807) is 12.1 Å². The van der Waals surface area contributed by atoms with Crippen LogP contribution in [0.2, 0.25) is 0 Å². The molecule has 1 atom stereocenters. The van der Waals surface area contributed by atoms with Gasteiger partial charge in [0.15, 0.2) is 12.2 Å². The van der Waals surface area contributed by atoms with Gasteiger partial charge in [0.2, 0.25) is 0 Å². The third kappa shape index (κ3) is 6.62. The Hall–Kier alpha value is -3.09. The Morgan fingerprint density at radius 2 is 2.05 bits per heavy atom. The van der Waals surface area contributed by atoms with E-state index in [1.165, 1.54) is 12.1 Å². The summed E-state index contributed by atoms with van der Waals surface area (Å²) in [6.07, 6.45) is -2.07. The van der Waals surface area contributed by atoms with Crippen LogP contribution in [0, 0.1) is 12.8 Å². The van der Waals surface area contributed by atoms with Gasteiger partial charge in [-0.05, 0) is 76.1 Å². The standard InChI is InChI=1S/C24H27BrF3N5O4/c1-13(29-21(34)19-10-14(2)30-31-19)9-15-5-7-23(8-6-15)20(32-33-22(35)37-23)17-11-16(3-4-18(17)25)36-12-24(26,27)28/h3-4,10-11,13,15H,5-9,12H2,1-2H3,(H,29,34)(H,30,31)(H,33,35)/t13-,15?,23?/m0/s1. The first kappa shape index (κ1) is 27.0. The van der Waals surface area contributed by atoms with E-state index in [9.17, 15) is 22.8 Å². The van der Waals surface area contributed by atoms with Crippen LogP contribution < -0.4 is 15.5 Å². The number of benzene rings is 1. The number of amides is 2. The number of hydrogen-bond acceptors (Lipinski definition) is 6. The Balaban J connectivity index is 1.44. The van der Waals surface area contributed by atoms with E-state index < -0.39 is 24.5 Å². The summed E-state index contributed by atoms with van der Waals surface area (Å²) in [7, 11) is 0. The average Bonchev–Trinajstić information content (AvgIpc) is 3.26. The summed E-state index contributed by atoms with van der Waals surface area (Å²) in [5.74, 6) is 0.0421. The highest BCUT2D eigenvalue weighted by Gasteiger charge is 2.47. The molecule has 1 saturated carbocycles. The molecule has 2 heterocycles. The number of hydrazone groups is 1. The fourth-order valence-corrected chi connectivity index (χ4v) is 5.24. The van der Waals surface area contributed by atoms with Gasteiger partial charge >= 0.3 is 12.3 Å². The molecule has 1 aromatic heterocycles. The van der Waals surface area contributed by atoms with Crippen LogP contribution in [0.4, 0.5) is 18.0 Å².